The summed E-state index contributed by atoms with van der Waals surface area (Å²) in [5, 5.41) is 3.85. The molecule has 0 bridgehead atoms. The lowest BCUT2D eigenvalue weighted by molar-refractivity contribution is -0.129. The maximum atomic E-state index is 12.3. The predicted molar refractivity (Wildman–Crippen MR) is 105 cm³/mol. The first kappa shape index (κ1) is 19.2. The second-order valence-corrected chi connectivity index (χ2v) is 8.71. The fourth-order valence-corrected chi connectivity index (χ4v) is 5.03. The highest BCUT2D eigenvalue weighted by molar-refractivity contribution is 7.99. The molecule has 1 N–H and O–H groups in total. The zero-order valence-corrected chi connectivity index (χ0v) is 16.2. The van der Waals surface area contributed by atoms with Gasteiger partial charge in [-0.25, -0.2) is 0 Å². The minimum absolute atomic E-state index is 0.0262. The van der Waals surface area contributed by atoms with E-state index >= 15 is 0 Å². The molecule has 1 saturated carbocycles. The Labute approximate surface area is 160 Å². The molecule has 0 radical (unpaired) electrons. The summed E-state index contributed by atoms with van der Waals surface area (Å²) in [5.74, 6) is 0.992. The van der Waals surface area contributed by atoms with E-state index in [1.165, 1.54) is 32.1 Å². The molecule has 2 amide bonds. The van der Waals surface area contributed by atoms with Gasteiger partial charge in [0.05, 0.1) is 5.92 Å². The first-order chi connectivity index (χ1) is 12.7. The number of rotatable bonds is 8. The van der Waals surface area contributed by atoms with E-state index in [-0.39, 0.29) is 17.7 Å². The van der Waals surface area contributed by atoms with Crippen molar-refractivity contribution in [1.82, 2.24) is 15.2 Å². The van der Waals surface area contributed by atoms with Crippen LogP contribution in [0.2, 0.25) is 0 Å². The first-order valence-corrected chi connectivity index (χ1v) is 10.8. The second-order valence-electron chi connectivity index (χ2n) is 7.31. The number of likely N-dealkylation sites (tertiary alicyclic amines) is 1. The fraction of sp³-hybridized carbons (Fsp3) is 0.650. The number of aromatic nitrogens is 1. The molecule has 0 spiro atoms. The first-order valence-electron chi connectivity index (χ1n) is 9.78. The zero-order valence-electron chi connectivity index (χ0n) is 15.4. The standard InChI is InChI=1S/C20H29N3O2S/c24-19-13-17(15-23(19)14-16-7-10-21-11-8-16)20(25)22-9-4-12-26-18-5-2-1-3-6-18/h7-8,10-11,17-18H,1-6,9,12-15H2,(H,22,25)/t17-/m1/s1. The number of carbonyl (C=O) groups is 2. The molecule has 26 heavy (non-hydrogen) atoms. The SMILES string of the molecule is O=C(NCCCSC1CCCCC1)[C@@H]1CC(=O)N(Cc2ccncc2)C1. The molecule has 1 aliphatic heterocycles. The number of hydrogen-bond acceptors (Lipinski definition) is 4. The lowest BCUT2D eigenvalue weighted by Crippen LogP contribution is -2.33. The third kappa shape index (κ3) is 5.73. The van der Waals surface area contributed by atoms with Crippen LogP contribution in [0.1, 0.15) is 50.5 Å². The molecule has 5 nitrogen and oxygen atoms in total. The summed E-state index contributed by atoms with van der Waals surface area (Å²) < 4.78 is 0. The molecule has 142 valence electrons. The van der Waals surface area contributed by atoms with E-state index < -0.39 is 0 Å². The van der Waals surface area contributed by atoms with Crippen molar-refractivity contribution in [3.8, 4) is 0 Å². The smallest absolute Gasteiger partial charge is 0.225 e. The summed E-state index contributed by atoms with van der Waals surface area (Å²) >= 11 is 2.06. The lowest BCUT2D eigenvalue weighted by atomic mass is 10.0. The molecule has 1 aromatic rings. The summed E-state index contributed by atoms with van der Waals surface area (Å²) in [6.07, 6.45) is 11.6. The minimum atomic E-state index is -0.213. The third-order valence-corrected chi connectivity index (χ3v) is 6.70. The van der Waals surface area contributed by atoms with Crippen LogP contribution >= 0.6 is 11.8 Å². The molecule has 2 aliphatic rings. The number of nitrogens with zero attached hydrogens (tertiary/aromatic N) is 2. The minimum Gasteiger partial charge on any atom is -0.356 e. The molecule has 1 aliphatic carbocycles. The second kappa shape index (κ2) is 9.95. The Morgan fingerprint density at radius 2 is 2.00 bits per heavy atom. The Morgan fingerprint density at radius 1 is 1.23 bits per heavy atom. The molecule has 0 aromatic carbocycles. The van der Waals surface area contributed by atoms with E-state index in [0.29, 0.717) is 26.1 Å². The van der Waals surface area contributed by atoms with E-state index in [1.54, 1.807) is 17.3 Å². The largest absolute Gasteiger partial charge is 0.356 e. The molecule has 1 saturated heterocycles. The van der Waals surface area contributed by atoms with Gasteiger partial charge in [-0.3, -0.25) is 14.6 Å². The normalized spacial score (nSPS) is 21.2. The molecule has 6 heteroatoms. The van der Waals surface area contributed by atoms with Crippen molar-refractivity contribution in [2.75, 3.05) is 18.8 Å². The van der Waals surface area contributed by atoms with Crippen LogP contribution in [0.15, 0.2) is 24.5 Å². The summed E-state index contributed by atoms with van der Waals surface area (Å²) in [6.45, 7) is 1.79. The highest BCUT2D eigenvalue weighted by Gasteiger charge is 2.33. The average Bonchev–Trinajstić information content (AvgIpc) is 3.03. The van der Waals surface area contributed by atoms with Crippen LogP contribution in [0.5, 0.6) is 0 Å². The quantitative estimate of drug-likeness (QED) is 0.710. The van der Waals surface area contributed by atoms with Crippen LogP contribution in [0.4, 0.5) is 0 Å². The van der Waals surface area contributed by atoms with E-state index in [2.05, 4.69) is 22.1 Å². The van der Waals surface area contributed by atoms with Gasteiger partial charge in [-0.1, -0.05) is 19.3 Å². The summed E-state index contributed by atoms with van der Waals surface area (Å²) in [4.78, 5) is 30.3. The maximum Gasteiger partial charge on any atom is 0.225 e. The Hall–Kier alpha value is -1.56. The third-order valence-electron chi connectivity index (χ3n) is 5.23. The van der Waals surface area contributed by atoms with Crippen LogP contribution < -0.4 is 5.32 Å². The van der Waals surface area contributed by atoms with Crippen LogP contribution in [0.25, 0.3) is 0 Å². The molecule has 2 heterocycles. The Morgan fingerprint density at radius 3 is 2.77 bits per heavy atom. The van der Waals surface area contributed by atoms with E-state index in [1.807, 2.05) is 12.1 Å². The number of thioether (sulfide) groups is 1. The Kier molecular flexibility index (Phi) is 7.35. The van der Waals surface area contributed by atoms with Crippen molar-refractivity contribution in [2.45, 2.75) is 56.7 Å². The summed E-state index contributed by atoms with van der Waals surface area (Å²) in [6, 6.07) is 3.81. The van der Waals surface area contributed by atoms with Gasteiger partial charge in [0.1, 0.15) is 0 Å². The van der Waals surface area contributed by atoms with Crippen molar-refractivity contribution in [1.29, 1.82) is 0 Å². The number of hydrogen-bond donors (Lipinski definition) is 1. The average molecular weight is 376 g/mol. The van der Waals surface area contributed by atoms with Crippen molar-refractivity contribution < 1.29 is 9.59 Å². The Balaban J connectivity index is 1.32. The summed E-state index contributed by atoms with van der Waals surface area (Å²) in [7, 11) is 0. The van der Waals surface area contributed by atoms with Gasteiger partial charge >= 0.3 is 0 Å². The molecule has 3 rings (SSSR count). The number of pyridine rings is 1. The maximum absolute atomic E-state index is 12.3. The van der Waals surface area contributed by atoms with E-state index in [4.69, 9.17) is 0 Å². The van der Waals surface area contributed by atoms with Crippen molar-refractivity contribution in [3.63, 3.8) is 0 Å². The van der Waals surface area contributed by atoms with Gasteiger partial charge in [-0.2, -0.15) is 11.8 Å². The highest BCUT2D eigenvalue weighted by Crippen LogP contribution is 2.28. The van der Waals surface area contributed by atoms with Gasteiger partial charge in [-0.05, 0) is 42.7 Å². The van der Waals surface area contributed by atoms with Crippen LogP contribution in [0.3, 0.4) is 0 Å². The van der Waals surface area contributed by atoms with Gasteiger partial charge in [0.25, 0.3) is 0 Å². The topological polar surface area (TPSA) is 62.3 Å². The van der Waals surface area contributed by atoms with Gasteiger partial charge in [0, 0.05) is 43.7 Å². The predicted octanol–water partition coefficient (Wildman–Crippen LogP) is 3.00. The number of amides is 2. The highest BCUT2D eigenvalue weighted by atomic mass is 32.2. The molecule has 1 atom stereocenters. The summed E-state index contributed by atoms with van der Waals surface area (Å²) in [5.41, 5.74) is 1.05. The van der Waals surface area contributed by atoms with Gasteiger partial charge in [0.2, 0.25) is 11.8 Å². The molecular formula is C20H29N3O2S. The monoisotopic (exact) mass is 375 g/mol. The number of nitrogens with one attached hydrogen (secondary N) is 1. The molecule has 2 fully saturated rings. The molecule has 0 unspecified atom stereocenters. The van der Waals surface area contributed by atoms with Gasteiger partial charge < -0.3 is 10.2 Å². The van der Waals surface area contributed by atoms with Crippen molar-refractivity contribution in [2.24, 2.45) is 5.92 Å². The lowest BCUT2D eigenvalue weighted by Gasteiger charge is -2.21. The zero-order chi connectivity index (χ0) is 18.2. The van der Waals surface area contributed by atoms with Gasteiger partial charge in [0.15, 0.2) is 0 Å². The van der Waals surface area contributed by atoms with E-state index in [0.717, 1.165) is 23.0 Å². The van der Waals surface area contributed by atoms with Crippen molar-refractivity contribution in [3.05, 3.63) is 30.1 Å². The number of carbonyl (C=O) groups excluding carboxylic acids is 2. The van der Waals surface area contributed by atoms with Crippen LogP contribution in [0, 0.1) is 5.92 Å². The van der Waals surface area contributed by atoms with Gasteiger partial charge in [-0.15, -0.1) is 0 Å². The molecule has 1 aromatic heterocycles. The van der Waals surface area contributed by atoms with Crippen molar-refractivity contribution >= 4 is 23.6 Å². The van der Waals surface area contributed by atoms with E-state index in [9.17, 15) is 9.59 Å². The van der Waals surface area contributed by atoms with Crippen LogP contribution in [-0.4, -0.2) is 45.8 Å². The molecular weight excluding hydrogens is 346 g/mol. The fourth-order valence-electron chi connectivity index (χ4n) is 3.72. The van der Waals surface area contributed by atoms with Crippen LogP contribution in [-0.2, 0) is 16.1 Å². The Bertz CT molecular complexity index is 590.